The average Bonchev–Trinajstić information content (AvgIpc) is 3.69. The van der Waals surface area contributed by atoms with Crippen molar-refractivity contribution >= 4 is 28.7 Å². The number of carboxylic acid groups (broad SMARTS) is 1. The molecule has 3 aromatic heterocycles. The molecule has 226 valence electrons. The van der Waals surface area contributed by atoms with Gasteiger partial charge in [-0.3, -0.25) is 4.79 Å². The van der Waals surface area contributed by atoms with E-state index in [4.69, 9.17) is 4.52 Å². The molecule has 1 aliphatic heterocycles. The van der Waals surface area contributed by atoms with Gasteiger partial charge in [0.2, 0.25) is 0 Å². The molecule has 12 nitrogen and oxygen atoms in total. The van der Waals surface area contributed by atoms with Crippen LogP contribution >= 0.6 is 0 Å². The fraction of sp³-hybridized carbons (Fsp3) is 0.312. The van der Waals surface area contributed by atoms with Crippen LogP contribution in [0.5, 0.6) is 0 Å². The minimum absolute atomic E-state index is 0.0518. The highest BCUT2D eigenvalue weighted by Gasteiger charge is 2.24. The summed E-state index contributed by atoms with van der Waals surface area (Å²) in [4.78, 5) is 44.2. The third-order valence-electron chi connectivity index (χ3n) is 7.87. The van der Waals surface area contributed by atoms with Crippen LogP contribution in [0, 0.1) is 6.92 Å². The molecule has 2 amide bonds. The van der Waals surface area contributed by atoms with Gasteiger partial charge in [0, 0.05) is 60.5 Å². The molecule has 3 N–H and O–H groups in total. The lowest BCUT2D eigenvalue weighted by Crippen LogP contribution is -2.48. The fourth-order valence-electron chi connectivity index (χ4n) is 5.25. The van der Waals surface area contributed by atoms with Gasteiger partial charge in [-0.2, -0.15) is 4.98 Å². The fourth-order valence-corrected chi connectivity index (χ4v) is 5.25. The molecule has 44 heavy (non-hydrogen) atoms. The summed E-state index contributed by atoms with van der Waals surface area (Å²) in [6.07, 6.45) is 0.685. The van der Waals surface area contributed by atoms with Crippen LogP contribution in [0.1, 0.15) is 48.4 Å². The van der Waals surface area contributed by atoms with E-state index in [1.165, 1.54) is 4.90 Å². The maximum atomic E-state index is 12.6. The van der Waals surface area contributed by atoms with Crippen molar-refractivity contribution in [2.45, 2.75) is 39.7 Å². The molecule has 5 aromatic rings. The molecular formula is C32H34N8O4. The van der Waals surface area contributed by atoms with Crippen LogP contribution in [0.4, 0.5) is 10.5 Å². The van der Waals surface area contributed by atoms with E-state index >= 15 is 0 Å². The van der Waals surface area contributed by atoms with Crippen LogP contribution in [0.3, 0.4) is 0 Å². The molecule has 0 aliphatic carbocycles. The van der Waals surface area contributed by atoms with Crippen molar-refractivity contribution in [2.24, 2.45) is 0 Å². The van der Waals surface area contributed by atoms with Gasteiger partial charge in [-0.15, -0.1) is 0 Å². The lowest BCUT2D eigenvalue weighted by Gasteiger charge is -2.34. The molecule has 0 saturated carbocycles. The van der Waals surface area contributed by atoms with Crippen LogP contribution in [0.15, 0.2) is 59.4 Å². The second-order valence-corrected chi connectivity index (χ2v) is 12.0. The van der Waals surface area contributed by atoms with Crippen molar-refractivity contribution in [2.75, 3.05) is 31.1 Å². The first-order chi connectivity index (χ1) is 21.1. The number of H-pyrrole nitrogens is 1. The maximum Gasteiger partial charge on any atom is 0.407 e. The van der Waals surface area contributed by atoms with E-state index in [2.05, 4.69) is 71.7 Å². The van der Waals surface area contributed by atoms with Crippen molar-refractivity contribution in [1.29, 1.82) is 0 Å². The average molecular weight is 595 g/mol. The monoisotopic (exact) mass is 594 g/mol. The zero-order chi connectivity index (χ0) is 31.0. The number of aryl methyl sites for hydroxylation is 1. The highest BCUT2D eigenvalue weighted by atomic mass is 16.5. The van der Waals surface area contributed by atoms with Gasteiger partial charge >= 0.3 is 17.9 Å². The smallest absolute Gasteiger partial charge is 0.407 e. The molecule has 0 bridgehead atoms. The predicted octanol–water partition coefficient (Wildman–Crippen LogP) is 5.01. The second-order valence-electron chi connectivity index (χ2n) is 12.0. The van der Waals surface area contributed by atoms with Crippen LogP contribution in [0.2, 0.25) is 0 Å². The number of aromatic nitrogens is 5. The molecule has 12 heteroatoms. The summed E-state index contributed by atoms with van der Waals surface area (Å²) < 4.78 is 5.16. The second kappa shape index (κ2) is 11.4. The number of hydrogen-bond acceptors (Lipinski definition) is 8. The van der Waals surface area contributed by atoms with E-state index in [0.717, 1.165) is 50.4 Å². The number of carbonyl (C=O) groups excluding carboxylic acids is 1. The summed E-state index contributed by atoms with van der Waals surface area (Å²) in [5.41, 5.74) is 7.15. The Kier molecular flexibility index (Phi) is 7.50. The Morgan fingerprint density at radius 2 is 1.73 bits per heavy atom. The first-order valence-corrected chi connectivity index (χ1v) is 14.5. The number of hydrogen-bond donors (Lipinski definition) is 3. The van der Waals surface area contributed by atoms with E-state index in [0.29, 0.717) is 38.5 Å². The van der Waals surface area contributed by atoms with Gasteiger partial charge in [0.25, 0.3) is 0 Å². The Morgan fingerprint density at radius 1 is 1.00 bits per heavy atom. The normalized spacial score (nSPS) is 13.8. The highest BCUT2D eigenvalue weighted by Crippen LogP contribution is 2.32. The Labute approximate surface area is 254 Å². The molecular weight excluding hydrogens is 560 g/mol. The Bertz CT molecular complexity index is 1830. The molecule has 4 heterocycles. The van der Waals surface area contributed by atoms with Gasteiger partial charge in [0.1, 0.15) is 12.0 Å². The quantitative estimate of drug-likeness (QED) is 0.246. The standard InChI is InChI=1S/C32H34N8O4/c1-19-15-21(5-6-22(19)17-33-28(41)29-37-30(38-44-29)32(2,3)4)26-24-16-25(36-27(24)35-18-34-26)20-7-9-23(10-8-20)39-11-13-40(14-12-39)31(42)43/h5-10,15-16,18H,11-14,17H2,1-4H3,(H,33,41)(H,42,43)(H,34,35,36). The topological polar surface area (TPSA) is 153 Å². The van der Waals surface area contributed by atoms with Crippen LogP contribution < -0.4 is 10.2 Å². The number of carbonyl (C=O) groups is 2. The van der Waals surface area contributed by atoms with Crippen LogP contribution in [-0.2, 0) is 12.0 Å². The molecule has 0 unspecified atom stereocenters. The number of rotatable bonds is 6. The van der Waals surface area contributed by atoms with E-state index in [-0.39, 0.29) is 11.3 Å². The van der Waals surface area contributed by atoms with Crippen LogP contribution in [-0.4, -0.2) is 73.3 Å². The van der Waals surface area contributed by atoms with Gasteiger partial charge in [-0.1, -0.05) is 50.2 Å². The zero-order valence-electron chi connectivity index (χ0n) is 25.1. The number of nitrogens with zero attached hydrogens (tertiary/aromatic N) is 6. The minimum Gasteiger partial charge on any atom is -0.465 e. The predicted molar refractivity (Wildman–Crippen MR) is 165 cm³/mol. The van der Waals surface area contributed by atoms with Crippen molar-refractivity contribution < 1.29 is 19.2 Å². The summed E-state index contributed by atoms with van der Waals surface area (Å²) in [6, 6.07) is 16.3. The van der Waals surface area contributed by atoms with E-state index in [1.54, 1.807) is 6.33 Å². The van der Waals surface area contributed by atoms with Gasteiger partial charge in [0.15, 0.2) is 5.82 Å². The molecule has 0 radical (unpaired) electrons. The van der Waals surface area contributed by atoms with E-state index < -0.39 is 12.0 Å². The first-order valence-electron chi connectivity index (χ1n) is 14.5. The molecule has 6 rings (SSSR count). The number of anilines is 1. The third kappa shape index (κ3) is 5.83. The van der Waals surface area contributed by atoms with Gasteiger partial charge in [-0.05, 0) is 47.9 Å². The lowest BCUT2D eigenvalue weighted by atomic mass is 9.96. The van der Waals surface area contributed by atoms with Crippen molar-refractivity contribution in [3.8, 4) is 22.5 Å². The van der Waals surface area contributed by atoms with Crippen molar-refractivity contribution in [3.05, 3.63) is 77.7 Å². The lowest BCUT2D eigenvalue weighted by molar-refractivity contribution is 0.0906. The Hall–Kier alpha value is -5.26. The number of piperazine rings is 1. The summed E-state index contributed by atoms with van der Waals surface area (Å²) in [6.45, 7) is 10.5. The molecule has 0 spiro atoms. The number of amides is 2. The molecule has 1 saturated heterocycles. The third-order valence-corrected chi connectivity index (χ3v) is 7.87. The largest absolute Gasteiger partial charge is 0.465 e. The first kappa shape index (κ1) is 28.8. The SMILES string of the molecule is Cc1cc(-c2ncnc3[nH]c(-c4ccc(N5CCN(C(=O)O)CC5)cc4)cc23)ccc1CNC(=O)c1nc(C(C)(C)C)no1. The van der Waals surface area contributed by atoms with E-state index in [9.17, 15) is 14.7 Å². The number of fused-ring (bicyclic) bond motifs is 1. The Morgan fingerprint density at radius 3 is 2.39 bits per heavy atom. The summed E-state index contributed by atoms with van der Waals surface area (Å²) >= 11 is 0. The van der Waals surface area contributed by atoms with Crippen molar-refractivity contribution in [1.82, 2.24) is 35.3 Å². The maximum absolute atomic E-state index is 12.6. The number of nitrogens with one attached hydrogen (secondary N) is 2. The van der Waals surface area contributed by atoms with Gasteiger partial charge < -0.3 is 29.7 Å². The highest BCUT2D eigenvalue weighted by molar-refractivity contribution is 5.94. The number of benzene rings is 2. The molecule has 1 fully saturated rings. The van der Waals surface area contributed by atoms with Crippen LogP contribution in [0.25, 0.3) is 33.5 Å². The minimum atomic E-state index is -0.868. The summed E-state index contributed by atoms with van der Waals surface area (Å²) in [5.74, 6) is 0.0178. The molecule has 2 aromatic carbocycles. The van der Waals surface area contributed by atoms with Gasteiger partial charge in [-0.25, -0.2) is 14.8 Å². The summed E-state index contributed by atoms with van der Waals surface area (Å²) in [7, 11) is 0. The molecule has 1 aliphatic rings. The summed E-state index contributed by atoms with van der Waals surface area (Å²) in [5, 5.41) is 16.9. The molecule has 0 atom stereocenters. The zero-order valence-corrected chi connectivity index (χ0v) is 25.1. The van der Waals surface area contributed by atoms with E-state index in [1.807, 2.05) is 39.8 Å². The Balaban J connectivity index is 1.16. The number of aromatic amines is 1. The van der Waals surface area contributed by atoms with Crippen molar-refractivity contribution in [3.63, 3.8) is 0 Å². The van der Waals surface area contributed by atoms with Gasteiger partial charge in [0.05, 0.1) is 5.69 Å².